The standard InChI is InChI=1S/C21H24BrNO5S/c1-26-18-4-2-15(3-5-18)12-23(17-6-9-29(24,25)14-17)13-16-10-20-21(11-19(16)22)28-8-7-27-20/h2-5,10-11,17H,6-9,12-14H2,1H3/t17-/m1/s1. The van der Waals surface area contributed by atoms with E-state index in [1.165, 1.54) is 0 Å². The maximum absolute atomic E-state index is 12.1. The molecule has 1 saturated heterocycles. The van der Waals surface area contributed by atoms with E-state index in [0.717, 1.165) is 32.8 Å². The third-order valence-electron chi connectivity index (χ3n) is 5.35. The molecule has 0 aromatic heterocycles. The maximum Gasteiger partial charge on any atom is 0.162 e. The second kappa shape index (κ2) is 8.53. The maximum atomic E-state index is 12.1. The Bertz CT molecular complexity index is 977. The first-order valence-corrected chi connectivity index (χ1v) is 12.2. The van der Waals surface area contributed by atoms with Gasteiger partial charge in [-0.15, -0.1) is 0 Å². The molecule has 0 saturated carbocycles. The van der Waals surface area contributed by atoms with Crippen LogP contribution < -0.4 is 14.2 Å². The van der Waals surface area contributed by atoms with E-state index in [4.69, 9.17) is 14.2 Å². The van der Waals surface area contributed by atoms with Crippen molar-refractivity contribution in [2.24, 2.45) is 0 Å². The minimum atomic E-state index is -2.98. The normalized spacial score (nSPS) is 20.0. The number of methoxy groups -OCH3 is 1. The van der Waals surface area contributed by atoms with Crippen LogP contribution in [0.15, 0.2) is 40.9 Å². The highest BCUT2D eigenvalue weighted by Gasteiger charge is 2.32. The van der Waals surface area contributed by atoms with E-state index in [0.29, 0.717) is 32.7 Å². The third-order valence-corrected chi connectivity index (χ3v) is 7.84. The Kier molecular flexibility index (Phi) is 6.03. The summed E-state index contributed by atoms with van der Waals surface area (Å²) in [5, 5.41) is 0. The van der Waals surface area contributed by atoms with Gasteiger partial charge < -0.3 is 14.2 Å². The van der Waals surface area contributed by atoms with Crippen molar-refractivity contribution in [1.82, 2.24) is 4.90 Å². The van der Waals surface area contributed by atoms with Gasteiger partial charge in [-0.25, -0.2) is 8.42 Å². The molecule has 8 heteroatoms. The quantitative estimate of drug-likeness (QED) is 0.629. The largest absolute Gasteiger partial charge is 0.497 e. The molecule has 1 fully saturated rings. The number of sulfone groups is 1. The summed E-state index contributed by atoms with van der Waals surface area (Å²) in [5.41, 5.74) is 2.16. The molecule has 0 aliphatic carbocycles. The van der Waals surface area contributed by atoms with E-state index in [-0.39, 0.29) is 17.5 Å². The number of fused-ring (bicyclic) bond motifs is 1. The van der Waals surface area contributed by atoms with Crippen LogP contribution in [0.2, 0.25) is 0 Å². The SMILES string of the molecule is COc1ccc(CN(Cc2cc3c(cc2Br)OCCO3)[C@@H]2CCS(=O)(=O)C2)cc1. The molecule has 0 unspecified atom stereocenters. The zero-order valence-corrected chi connectivity index (χ0v) is 18.7. The number of benzene rings is 2. The lowest BCUT2D eigenvalue weighted by Crippen LogP contribution is -2.35. The number of ether oxygens (including phenoxy) is 3. The van der Waals surface area contributed by atoms with E-state index in [2.05, 4.69) is 20.8 Å². The van der Waals surface area contributed by atoms with Gasteiger partial charge in [0, 0.05) is 23.6 Å². The van der Waals surface area contributed by atoms with Crippen molar-refractivity contribution in [2.45, 2.75) is 25.6 Å². The highest BCUT2D eigenvalue weighted by Crippen LogP contribution is 2.36. The number of halogens is 1. The van der Waals surface area contributed by atoms with Crippen LogP contribution in [0.25, 0.3) is 0 Å². The molecule has 2 aliphatic rings. The van der Waals surface area contributed by atoms with Gasteiger partial charge in [0.15, 0.2) is 21.3 Å². The zero-order valence-electron chi connectivity index (χ0n) is 16.3. The molecule has 2 aromatic rings. The van der Waals surface area contributed by atoms with Gasteiger partial charge in [0.1, 0.15) is 19.0 Å². The summed E-state index contributed by atoms with van der Waals surface area (Å²) in [6, 6.07) is 11.8. The summed E-state index contributed by atoms with van der Waals surface area (Å²) in [7, 11) is -1.34. The first-order chi connectivity index (χ1) is 13.9. The zero-order chi connectivity index (χ0) is 20.4. The lowest BCUT2D eigenvalue weighted by Gasteiger charge is -2.29. The average Bonchev–Trinajstić information content (AvgIpc) is 3.08. The molecule has 156 valence electrons. The monoisotopic (exact) mass is 481 g/mol. The van der Waals surface area contributed by atoms with E-state index < -0.39 is 9.84 Å². The second-order valence-corrected chi connectivity index (χ2v) is 10.5. The predicted octanol–water partition coefficient (Wildman–Crippen LogP) is 3.42. The Hall–Kier alpha value is -1.77. The molecule has 2 aromatic carbocycles. The topological polar surface area (TPSA) is 65.1 Å². The Morgan fingerprint density at radius 2 is 1.79 bits per heavy atom. The van der Waals surface area contributed by atoms with Gasteiger partial charge in [-0.05, 0) is 41.8 Å². The van der Waals surface area contributed by atoms with Crippen molar-refractivity contribution < 1.29 is 22.6 Å². The summed E-state index contributed by atoms with van der Waals surface area (Å²) in [4.78, 5) is 2.24. The fourth-order valence-electron chi connectivity index (χ4n) is 3.79. The summed E-state index contributed by atoms with van der Waals surface area (Å²) in [6.45, 7) is 2.35. The Balaban J connectivity index is 1.59. The predicted molar refractivity (Wildman–Crippen MR) is 114 cm³/mol. The minimum Gasteiger partial charge on any atom is -0.497 e. The van der Waals surface area contributed by atoms with E-state index >= 15 is 0 Å². The lowest BCUT2D eigenvalue weighted by molar-refractivity contribution is 0.169. The minimum absolute atomic E-state index is 0.0118. The van der Waals surface area contributed by atoms with Gasteiger partial charge in [-0.1, -0.05) is 28.1 Å². The van der Waals surface area contributed by atoms with Gasteiger partial charge >= 0.3 is 0 Å². The van der Waals surface area contributed by atoms with Gasteiger partial charge in [0.05, 0.1) is 18.6 Å². The number of hydrogen-bond donors (Lipinski definition) is 0. The second-order valence-electron chi connectivity index (χ2n) is 7.40. The summed E-state index contributed by atoms with van der Waals surface area (Å²) < 4.78 is 41.8. The van der Waals surface area contributed by atoms with E-state index in [1.807, 2.05) is 36.4 Å². The molecule has 4 rings (SSSR count). The number of nitrogens with zero attached hydrogens (tertiary/aromatic N) is 1. The van der Waals surface area contributed by atoms with Crippen molar-refractivity contribution in [3.05, 3.63) is 52.0 Å². The average molecular weight is 482 g/mol. The van der Waals surface area contributed by atoms with Crippen molar-refractivity contribution >= 4 is 25.8 Å². The molecule has 0 bridgehead atoms. The Labute approximate surface area is 179 Å². The van der Waals surface area contributed by atoms with Crippen LogP contribution in [0.3, 0.4) is 0 Å². The molecule has 0 amide bonds. The van der Waals surface area contributed by atoms with Gasteiger partial charge in [-0.3, -0.25) is 4.90 Å². The highest BCUT2D eigenvalue weighted by atomic mass is 79.9. The summed E-state index contributed by atoms with van der Waals surface area (Å²) >= 11 is 3.64. The Morgan fingerprint density at radius 3 is 2.41 bits per heavy atom. The molecule has 0 N–H and O–H groups in total. The molecule has 2 aliphatic heterocycles. The van der Waals surface area contributed by atoms with Crippen molar-refractivity contribution in [3.8, 4) is 17.2 Å². The van der Waals surface area contributed by atoms with Crippen LogP contribution in [0.4, 0.5) is 0 Å². The molecule has 2 heterocycles. The molecule has 0 radical (unpaired) electrons. The van der Waals surface area contributed by atoms with Crippen LogP contribution in [-0.2, 0) is 22.9 Å². The molecule has 0 spiro atoms. The number of rotatable bonds is 6. The van der Waals surface area contributed by atoms with Crippen molar-refractivity contribution in [2.75, 3.05) is 31.8 Å². The van der Waals surface area contributed by atoms with Gasteiger partial charge in [0.25, 0.3) is 0 Å². The third kappa shape index (κ3) is 4.87. The summed E-state index contributed by atoms with van der Waals surface area (Å²) in [5.74, 6) is 2.72. The Morgan fingerprint density at radius 1 is 1.10 bits per heavy atom. The van der Waals surface area contributed by atoms with Gasteiger partial charge in [-0.2, -0.15) is 0 Å². The van der Waals surface area contributed by atoms with Crippen LogP contribution in [0.5, 0.6) is 17.2 Å². The van der Waals surface area contributed by atoms with Crippen LogP contribution in [0, 0.1) is 0 Å². The number of hydrogen-bond acceptors (Lipinski definition) is 6. The van der Waals surface area contributed by atoms with Crippen molar-refractivity contribution in [3.63, 3.8) is 0 Å². The van der Waals surface area contributed by atoms with E-state index in [1.54, 1.807) is 7.11 Å². The van der Waals surface area contributed by atoms with Crippen LogP contribution >= 0.6 is 15.9 Å². The van der Waals surface area contributed by atoms with Crippen LogP contribution in [-0.4, -0.2) is 51.2 Å². The van der Waals surface area contributed by atoms with Crippen LogP contribution in [0.1, 0.15) is 17.5 Å². The lowest BCUT2D eigenvalue weighted by atomic mass is 10.1. The highest BCUT2D eigenvalue weighted by molar-refractivity contribution is 9.10. The fourth-order valence-corrected chi connectivity index (χ4v) is 6.00. The molecule has 6 nitrogen and oxygen atoms in total. The van der Waals surface area contributed by atoms with E-state index in [9.17, 15) is 8.42 Å². The molecule has 29 heavy (non-hydrogen) atoms. The van der Waals surface area contributed by atoms with Crippen molar-refractivity contribution in [1.29, 1.82) is 0 Å². The summed E-state index contributed by atoms with van der Waals surface area (Å²) in [6.07, 6.45) is 0.653. The smallest absolute Gasteiger partial charge is 0.162 e. The molecular formula is C21H24BrNO5S. The fraction of sp³-hybridized carbons (Fsp3) is 0.429. The first kappa shape index (κ1) is 20.5. The molecular weight excluding hydrogens is 458 g/mol. The first-order valence-electron chi connectivity index (χ1n) is 9.59. The van der Waals surface area contributed by atoms with Gasteiger partial charge in [0.2, 0.25) is 0 Å². The molecule has 1 atom stereocenters.